The Labute approximate surface area is 223 Å². The van der Waals surface area contributed by atoms with Crippen LogP contribution in [0, 0.1) is 13.8 Å². The fraction of sp³-hybridized carbons (Fsp3) is 0.120. The Balaban J connectivity index is 1.28. The van der Waals surface area contributed by atoms with E-state index in [4.69, 9.17) is 4.74 Å². The van der Waals surface area contributed by atoms with Crippen LogP contribution in [0.4, 0.5) is 22.2 Å². The van der Waals surface area contributed by atoms with Crippen LogP contribution in [0.3, 0.4) is 0 Å². The van der Waals surface area contributed by atoms with E-state index in [0.29, 0.717) is 23.1 Å². The van der Waals surface area contributed by atoms with Crippen molar-refractivity contribution < 1.29 is 9.84 Å². The molecular formula is C25H19N7O2S3. The third kappa shape index (κ3) is 4.61. The fourth-order valence-corrected chi connectivity index (χ4v) is 6.23. The number of ether oxygens (including phenoxy) is 1. The Hall–Kier alpha value is -4.00. The number of benzene rings is 2. The molecular weight excluding hydrogens is 527 g/mol. The summed E-state index contributed by atoms with van der Waals surface area (Å²) < 4.78 is 13.7. The third-order valence-electron chi connectivity index (χ3n) is 5.50. The van der Waals surface area contributed by atoms with E-state index in [1.807, 2.05) is 38.1 Å². The van der Waals surface area contributed by atoms with Crippen LogP contribution in [0.5, 0.6) is 17.4 Å². The molecule has 0 spiro atoms. The molecule has 4 aromatic heterocycles. The van der Waals surface area contributed by atoms with E-state index < -0.39 is 0 Å². The zero-order valence-corrected chi connectivity index (χ0v) is 22.4. The molecule has 6 rings (SSSR count). The quantitative estimate of drug-likeness (QED) is 0.210. The average Bonchev–Trinajstić information content (AvgIpc) is 3.66. The number of rotatable bonds is 6. The van der Waals surface area contributed by atoms with Crippen LogP contribution in [-0.2, 0) is 7.05 Å². The van der Waals surface area contributed by atoms with Gasteiger partial charge in [0.05, 0.1) is 9.40 Å². The maximum atomic E-state index is 10.1. The molecule has 2 aromatic carbocycles. The highest BCUT2D eigenvalue weighted by atomic mass is 32.1. The summed E-state index contributed by atoms with van der Waals surface area (Å²) in [6, 6.07) is 14.7. The van der Waals surface area contributed by atoms with E-state index in [2.05, 4.69) is 36.0 Å². The lowest BCUT2D eigenvalue weighted by molar-refractivity contribution is 0.459. The number of fused-ring (bicyclic) bond motifs is 2. The van der Waals surface area contributed by atoms with Crippen LogP contribution in [0.25, 0.3) is 20.2 Å². The molecule has 4 heterocycles. The van der Waals surface area contributed by atoms with E-state index in [9.17, 15) is 5.11 Å². The number of aryl methyl sites for hydroxylation is 3. The zero-order chi connectivity index (χ0) is 25.5. The van der Waals surface area contributed by atoms with Gasteiger partial charge in [-0.05, 0) is 67.8 Å². The number of hydrogen-bond acceptors (Lipinski definition) is 11. The minimum Gasteiger partial charge on any atom is -0.507 e. The first kappa shape index (κ1) is 23.4. The highest BCUT2D eigenvalue weighted by Crippen LogP contribution is 2.42. The van der Waals surface area contributed by atoms with Gasteiger partial charge in [0, 0.05) is 39.8 Å². The summed E-state index contributed by atoms with van der Waals surface area (Å²) in [5, 5.41) is 34.6. The van der Waals surface area contributed by atoms with Gasteiger partial charge in [0.1, 0.15) is 22.9 Å². The summed E-state index contributed by atoms with van der Waals surface area (Å²) in [7, 11) is 1.79. The molecule has 0 unspecified atom stereocenters. The van der Waals surface area contributed by atoms with Crippen LogP contribution >= 0.6 is 34.2 Å². The fourth-order valence-electron chi connectivity index (χ4n) is 3.83. The number of aromatic hydroxyl groups is 1. The molecule has 0 saturated heterocycles. The maximum Gasteiger partial charge on any atom is 0.240 e. The molecule has 37 heavy (non-hydrogen) atoms. The van der Waals surface area contributed by atoms with Crippen molar-refractivity contribution in [2.24, 2.45) is 27.5 Å². The number of aromatic nitrogens is 3. The normalized spacial score (nSPS) is 12.1. The van der Waals surface area contributed by atoms with Crippen LogP contribution < -0.4 is 4.74 Å². The molecule has 184 valence electrons. The number of phenols is 1. The molecule has 0 aliphatic carbocycles. The van der Waals surface area contributed by atoms with Crippen molar-refractivity contribution in [3.63, 3.8) is 0 Å². The Morgan fingerprint density at radius 2 is 1.54 bits per heavy atom. The Morgan fingerprint density at radius 3 is 2.30 bits per heavy atom. The van der Waals surface area contributed by atoms with E-state index >= 15 is 0 Å². The van der Waals surface area contributed by atoms with Gasteiger partial charge in [-0.15, -0.1) is 48.2 Å². The molecule has 12 heteroatoms. The van der Waals surface area contributed by atoms with Gasteiger partial charge >= 0.3 is 0 Å². The average molecular weight is 546 g/mol. The molecule has 0 saturated carbocycles. The maximum absolute atomic E-state index is 10.1. The summed E-state index contributed by atoms with van der Waals surface area (Å²) >= 11 is 4.50. The standard InChI is InChI=1S/C25H19N7O2S3/c1-13-10-15-19(33)6-4-17(24(15)35-13)27-29-21-12-22(31-32(21)3)34-20-7-5-18(25-16(20)11-14(2)36-25)28-30-23-8-9-26-37-23/h4-12,33H,1-3H3/b29-27+,30-28+. The van der Waals surface area contributed by atoms with Gasteiger partial charge in [0.25, 0.3) is 0 Å². The highest BCUT2D eigenvalue weighted by molar-refractivity contribution is 7.20. The second kappa shape index (κ2) is 9.47. The number of phenolic OH excluding ortho intramolecular Hbond substituents is 1. The van der Waals surface area contributed by atoms with Crippen molar-refractivity contribution >= 4 is 76.6 Å². The number of nitrogens with zero attached hydrogens (tertiary/aromatic N) is 7. The van der Waals surface area contributed by atoms with Crippen molar-refractivity contribution in [3.05, 3.63) is 64.5 Å². The Kier molecular flexibility index (Phi) is 5.99. The monoisotopic (exact) mass is 545 g/mol. The van der Waals surface area contributed by atoms with Crippen molar-refractivity contribution in [2.45, 2.75) is 13.8 Å². The SMILES string of the molecule is Cc1cc2c(O)ccc(/N=N/c3cc(Oc4ccc(/N=N/c5ccns5)c5sc(C)cc45)nn3C)c2s1. The minimum absolute atomic E-state index is 0.237. The zero-order valence-electron chi connectivity index (χ0n) is 19.9. The summed E-state index contributed by atoms with van der Waals surface area (Å²) in [6.07, 6.45) is 1.70. The van der Waals surface area contributed by atoms with Crippen molar-refractivity contribution in [3.8, 4) is 17.4 Å². The van der Waals surface area contributed by atoms with Crippen LogP contribution in [0.1, 0.15) is 9.75 Å². The molecule has 0 atom stereocenters. The first-order chi connectivity index (χ1) is 17.9. The van der Waals surface area contributed by atoms with Gasteiger partial charge in [-0.3, -0.25) is 0 Å². The van der Waals surface area contributed by atoms with E-state index in [0.717, 1.165) is 40.6 Å². The van der Waals surface area contributed by atoms with Crippen LogP contribution in [0.15, 0.2) is 75.2 Å². The molecule has 0 fully saturated rings. The van der Waals surface area contributed by atoms with Crippen molar-refractivity contribution in [1.29, 1.82) is 0 Å². The van der Waals surface area contributed by atoms with Crippen LogP contribution in [0.2, 0.25) is 0 Å². The van der Waals surface area contributed by atoms with Gasteiger partial charge in [-0.25, -0.2) is 4.68 Å². The van der Waals surface area contributed by atoms with Gasteiger partial charge in [-0.2, -0.15) is 4.37 Å². The molecule has 6 aromatic rings. The number of azo groups is 2. The van der Waals surface area contributed by atoms with E-state index in [1.165, 1.54) is 11.5 Å². The second-order valence-corrected chi connectivity index (χ2v) is 11.5. The van der Waals surface area contributed by atoms with Gasteiger partial charge in [-0.1, -0.05) is 0 Å². The smallest absolute Gasteiger partial charge is 0.240 e. The minimum atomic E-state index is 0.237. The molecule has 0 amide bonds. The molecule has 0 aliphatic heterocycles. The van der Waals surface area contributed by atoms with Gasteiger partial charge in [0.15, 0.2) is 10.8 Å². The number of thiophene rings is 2. The predicted molar refractivity (Wildman–Crippen MR) is 149 cm³/mol. The Morgan fingerprint density at radius 1 is 0.838 bits per heavy atom. The molecule has 0 bridgehead atoms. The molecule has 0 radical (unpaired) electrons. The lowest BCUT2D eigenvalue weighted by Crippen LogP contribution is -1.90. The van der Waals surface area contributed by atoms with E-state index in [1.54, 1.807) is 58.8 Å². The lowest BCUT2D eigenvalue weighted by Gasteiger charge is -2.05. The summed E-state index contributed by atoms with van der Waals surface area (Å²) in [6.45, 7) is 4.05. The van der Waals surface area contributed by atoms with Crippen molar-refractivity contribution in [2.75, 3.05) is 0 Å². The van der Waals surface area contributed by atoms with Gasteiger partial charge < -0.3 is 9.84 Å². The predicted octanol–water partition coefficient (Wildman–Crippen LogP) is 9.25. The Bertz CT molecular complexity index is 1810. The second-order valence-electron chi connectivity index (χ2n) is 8.20. The summed E-state index contributed by atoms with van der Waals surface area (Å²) in [4.78, 5) is 2.23. The molecule has 0 aliphatic rings. The highest BCUT2D eigenvalue weighted by Gasteiger charge is 2.14. The number of hydrogen-bond donors (Lipinski definition) is 1. The van der Waals surface area contributed by atoms with E-state index in [-0.39, 0.29) is 5.75 Å². The third-order valence-corrected chi connectivity index (χ3v) is 8.27. The lowest BCUT2D eigenvalue weighted by atomic mass is 10.2. The van der Waals surface area contributed by atoms with Gasteiger partial charge in [0.2, 0.25) is 5.88 Å². The summed E-state index contributed by atoms with van der Waals surface area (Å²) in [5.74, 6) is 1.85. The van der Waals surface area contributed by atoms with Crippen LogP contribution in [-0.4, -0.2) is 19.3 Å². The largest absolute Gasteiger partial charge is 0.507 e. The molecule has 1 N–H and O–H groups in total. The van der Waals surface area contributed by atoms with Crippen molar-refractivity contribution in [1.82, 2.24) is 14.2 Å². The first-order valence-electron chi connectivity index (χ1n) is 11.2. The topological polar surface area (TPSA) is 110 Å². The first-order valence-corrected chi connectivity index (χ1v) is 13.6. The molecule has 9 nitrogen and oxygen atoms in total. The summed E-state index contributed by atoms with van der Waals surface area (Å²) in [5.41, 5.74) is 1.46.